The predicted molar refractivity (Wildman–Crippen MR) is 44.8 cm³/mol. The summed E-state index contributed by atoms with van der Waals surface area (Å²) in [5, 5.41) is 20.4. The van der Waals surface area contributed by atoms with Crippen molar-refractivity contribution in [2.75, 3.05) is 0 Å². The average molecular weight is 207 g/mol. The van der Waals surface area contributed by atoms with Crippen molar-refractivity contribution in [1.29, 1.82) is 0 Å². The fraction of sp³-hybridized carbons (Fsp3) is 0. The Morgan fingerprint density at radius 2 is 2.00 bits per heavy atom. The lowest BCUT2D eigenvalue weighted by molar-refractivity contribution is -0.182. The van der Waals surface area contributed by atoms with Crippen LogP contribution in [0.15, 0.2) is 24.3 Å². The van der Waals surface area contributed by atoms with Gasteiger partial charge in [-0.3, -0.25) is 15.4 Å². The van der Waals surface area contributed by atoms with Crippen LogP contribution in [0.5, 0.6) is 0 Å². The number of benzene rings is 1. The van der Waals surface area contributed by atoms with E-state index in [0.717, 1.165) is 0 Å². The van der Waals surface area contributed by atoms with Crippen LogP contribution in [0, 0.1) is 0 Å². The molecule has 0 aromatic heterocycles. The zero-order valence-electron chi connectivity index (χ0n) is 6.35. The van der Waals surface area contributed by atoms with E-state index in [1.165, 1.54) is 12.1 Å². The molecule has 0 aliphatic carbocycles. The van der Waals surface area contributed by atoms with Crippen LogP contribution in [0.4, 0.5) is 0 Å². The Hall–Kier alpha value is -1.14. The Morgan fingerprint density at radius 1 is 1.38 bits per heavy atom. The van der Waals surface area contributed by atoms with Crippen LogP contribution in [0.3, 0.4) is 0 Å². The smallest absolute Gasteiger partial charge is 0.296 e. The summed E-state index contributed by atoms with van der Waals surface area (Å²) >= 11 is 5.56. The fourth-order valence-corrected chi connectivity index (χ4v) is 0.858. The Morgan fingerprint density at radius 3 is 2.46 bits per heavy atom. The van der Waals surface area contributed by atoms with Gasteiger partial charge in [0.1, 0.15) is 0 Å². The minimum Gasteiger partial charge on any atom is -0.296 e. The van der Waals surface area contributed by atoms with Gasteiger partial charge in [-0.2, -0.15) is 5.26 Å². The average Bonchev–Trinajstić information content (AvgIpc) is 2.20. The quantitative estimate of drug-likeness (QED) is 0.483. The molecule has 0 radical (unpaired) electrons. The summed E-state index contributed by atoms with van der Waals surface area (Å²) in [6, 6.07) is 6.11. The van der Waals surface area contributed by atoms with Crippen molar-refractivity contribution in [2.45, 2.75) is 0 Å². The van der Waals surface area contributed by atoms with Crippen molar-refractivity contribution >= 4 is 17.6 Å². The summed E-state index contributed by atoms with van der Waals surface area (Å²) in [4.78, 5) is 14.1. The molecule has 0 atom stereocenters. The summed E-state index contributed by atoms with van der Waals surface area (Å²) in [5.41, 5.74) is 0.222. The normalized spacial score (nSPS) is 8.31. The SMILES string of the molecule is O=C(OO)c1cccc(Cl)c1.OO. The fourth-order valence-electron chi connectivity index (χ4n) is 0.668. The number of carbonyl (C=O) groups is 1. The second kappa shape index (κ2) is 6.38. The molecule has 1 rings (SSSR count). The third-order valence-electron chi connectivity index (χ3n) is 1.14. The second-order valence-electron chi connectivity index (χ2n) is 1.89. The van der Waals surface area contributed by atoms with E-state index < -0.39 is 5.97 Å². The van der Waals surface area contributed by atoms with E-state index in [0.29, 0.717) is 5.02 Å². The minimum atomic E-state index is -0.813. The van der Waals surface area contributed by atoms with Gasteiger partial charge in [0, 0.05) is 5.02 Å². The molecule has 1 aromatic carbocycles. The minimum absolute atomic E-state index is 0.222. The number of carbonyl (C=O) groups excluding carboxylic acids is 1. The Labute approximate surface area is 78.6 Å². The van der Waals surface area contributed by atoms with E-state index in [9.17, 15) is 4.79 Å². The lowest BCUT2D eigenvalue weighted by Crippen LogP contribution is -2.00. The molecule has 13 heavy (non-hydrogen) atoms. The number of hydrogen-bond acceptors (Lipinski definition) is 5. The number of rotatable bonds is 1. The maximum Gasteiger partial charge on any atom is 0.372 e. The Bertz CT molecular complexity index is 275. The molecule has 6 heteroatoms. The van der Waals surface area contributed by atoms with Gasteiger partial charge in [-0.25, -0.2) is 4.79 Å². The highest BCUT2D eigenvalue weighted by Gasteiger charge is 2.05. The maximum absolute atomic E-state index is 10.6. The molecule has 3 N–H and O–H groups in total. The number of halogens is 1. The molecule has 0 saturated carbocycles. The molecule has 0 heterocycles. The van der Waals surface area contributed by atoms with E-state index in [2.05, 4.69) is 4.89 Å². The van der Waals surface area contributed by atoms with Gasteiger partial charge in [0.25, 0.3) is 0 Å². The lowest BCUT2D eigenvalue weighted by Gasteiger charge is -1.95. The summed E-state index contributed by atoms with van der Waals surface area (Å²) in [6.07, 6.45) is 0. The van der Waals surface area contributed by atoms with Crippen LogP contribution in [0.25, 0.3) is 0 Å². The molecule has 0 spiro atoms. The van der Waals surface area contributed by atoms with E-state index in [1.807, 2.05) is 0 Å². The van der Waals surface area contributed by atoms with E-state index in [4.69, 9.17) is 27.4 Å². The molecule has 72 valence electrons. The third kappa shape index (κ3) is 3.86. The summed E-state index contributed by atoms with van der Waals surface area (Å²) in [7, 11) is 0. The van der Waals surface area contributed by atoms with Gasteiger partial charge in [-0.05, 0) is 18.2 Å². The van der Waals surface area contributed by atoms with Gasteiger partial charge in [-0.15, -0.1) is 0 Å². The number of hydrogen-bond donors (Lipinski definition) is 3. The molecule has 0 saturated heterocycles. The first-order valence-corrected chi connectivity index (χ1v) is 3.43. The molecular weight excluding hydrogens is 200 g/mol. The van der Waals surface area contributed by atoms with E-state index in [-0.39, 0.29) is 5.56 Å². The van der Waals surface area contributed by atoms with Crippen LogP contribution in [0.2, 0.25) is 5.02 Å². The molecule has 0 unspecified atom stereocenters. The van der Waals surface area contributed by atoms with Crippen LogP contribution in [-0.2, 0) is 4.89 Å². The summed E-state index contributed by atoms with van der Waals surface area (Å²) in [5.74, 6) is -0.813. The van der Waals surface area contributed by atoms with Gasteiger partial charge in [0.15, 0.2) is 0 Å². The standard InChI is InChI=1S/C7H5ClO3.H2O2/c8-6-3-1-2-5(4-6)7(9)11-10;1-2/h1-4,10H;1-2H. The van der Waals surface area contributed by atoms with Gasteiger partial charge >= 0.3 is 5.97 Å². The lowest BCUT2D eigenvalue weighted by atomic mass is 10.2. The molecular formula is C7H7ClO5. The highest BCUT2D eigenvalue weighted by atomic mass is 35.5. The van der Waals surface area contributed by atoms with Crippen molar-refractivity contribution < 1.29 is 25.5 Å². The highest BCUT2D eigenvalue weighted by Crippen LogP contribution is 2.10. The first-order chi connectivity index (χ1) is 6.24. The molecule has 0 aliphatic heterocycles. The maximum atomic E-state index is 10.6. The van der Waals surface area contributed by atoms with Crippen molar-refractivity contribution in [1.82, 2.24) is 0 Å². The molecule has 5 nitrogen and oxygen atoms in total. The first kappa shape index (κ1) is 11.9. The summed E-state index contributed by atoms with van der Waals surface area (Å²) < 4.78 is 0. The zero-order chi connectivity index (χ0) is 10.3. The third-order valence-corrected chi connectivity index (χ3v) is 1.38. The molecule has 0 amide bonds. The van der Waals surface area contributed by atoms with Crippen molar-refractivity contribution in [3.8, 4) is 0 Å². The first-order valence-electron chi connectivity index (χ1n) is 3.05. The van der Waals surface area contributed by atoms with Gasteiger partial charge in [0.05, 0.1) is 5.56 Å². The topological polar surface area (TPSA) is 87.0 Å². The molecule has 1 aromatic rings. The van der Waals surface area contributed by atoms with Gasteiger partial charge in [0.2, 0.25) is 0 Å². The molecule has 0 fully saturated rings. The summed E-state index contributed by atoms with van der Waals surface area (Å²) in [6.45, 7) is 0. The van der Waals surface area contributed by atoms with Crippen LogP contribution in [0.1, 0.15) is 10.4 Å². The largest absolute Gasteiger partial charge is 0.372 e. The Balaban J connectivity index is 0.000000671. The van der Waals surface area contributed by atoms with Gasteiger partial charge < -0.3 is 0 Å². The van der Waals surface area contributed by atoms with Crippen LogP contribution < -0.4 is 0 Å². The van der Waals surface area contributed by atoms with Crippen molar-refractivity contribution in [3.05, 3.63) is 34.9 Å². The molecule has 0 aliphatic rings. The van der Waals surface area contributed by atoms with Crippen LogP contribution in [-0.4, -0.2) is 21.7 Å². The zero-order valence-corrected chi connectivity index (χ0v) is 7.10. The monoisotopic (exact) mass is 206 g/mol. The van der Waals surface area contributed by atoms with Crippen molar-refractivity contribution in [3.63, 3.8) is 0 Å². The van der Waals surface area contributed by atoms with E-state index in [1.54, 1.807) is 12.1 Å². The molecule has 0 bridgehead atoms. The van der Waals surface area contributed by atoms with E-state index >= 15 is 0 Å². The van der Waals surface area contributed by atoms with Crippen molar-refractivity contribution in [2.24, 2.45) is 0 Å². The highest BCUT2D eigenvalue weighted by molar-refractivity contribution is 6.30. The second-order valence-corrected chi connectivity index (χ2v) is 2.33. The Kier molecular flexibility index (Phi) is 5.82. The van der Waals surface area contributed by atoms with Crippen LogP contribution >= 0.6 is 11.6 Å². The van der Waals surface area contributed by atoms with Gasteiger partial charge in [-0.1, -0.05) is 17.7 Å². The predicted octanol–water partition coefficient (Wildman–Crippen LogP) is 1.99.